The van der Waals surface area contributed by atoms with Crippen molar-refractivity contribution in [3.8, 4) is 5.88 Å². The summed E-state index contributed by atoms with van der Waals surface area (Å²) in [5.74, 6) is 1.56. The third-order valence-electron chi connectivity index (χ3n) is 5.06. The Morgan fingerprint density at radius 3 is 2.88 bits per heavy atom. The van der Waals surface area contributed by atoms with E-state index in [0.717, 1.165) is 52.2 Å². The summed E-state index contributed by atoms with van der Waals surface area (Å²) in [6, 6.07) is 7.84. The molecule has 1 aliphatic rings. The predicted molar refractivity (Wildman–Crippen MR) is 105 cm³/mol. The van der Waals surface area contributed by atoms with Gasteiger partial charge >= 0.3 is 0 Å². The summed E-state index contributed by atoms with van der Waals surface area (Å²) >= 11 is 8.06. The van der Waals surface area contributed by atoms with E-state index in [4.69, 9.17) is 11.6 Å². The minimum absolute atomic E-state index is 0.0787. The first-order chi connectivity index (χ1) is 12.6. The quantitative estimate of drug-likeness (QED) is 0.710. The van der Waals surface area contributed by atoms with Crippen LogP contribution in [0.2, 0.25) is 5.02 Å². The van der Waals surface area contributed by atoms with Crippen LogP contribution in [0, 0.1) is 5.92 Å². The van der Waals surface area contributed by atoms with Gasteiger partial charge in [0.05, 0.1) is 10.9 Å². The van der Waals surface area contributed by atoms with Gasteiger partial charge < -0.3 is 5.11 Å². The van der Waals surface area contributed by atoms with Gasteiger partial charge in [-0.15, -0.1) is 5.10 Å². The van der Waals surface area contributed by atoms with E-state index >= 15 is 0 Å². The number of nitrogens with zero attached hydrogens (tertiary/aromatic N) is 4. The highest BCUT2D eigenvalue weighted by Gasteiger charge is 2.32. The molecule has 1 fully saturated rings. The van der Waals surface area contributed by atoms with Crippen LogP contribution in [0.1, 0.15) is 49.0 Å². The molecule has 1 saturated heterocycles. The van der Waals surface area contributed by atoms with E-state index < -0.39 is 0 Å². The minimum Gasteiger partial charge on any atom is -0.492 e. The van der Waals surface area contributed by atoms with Gasteiger partial charge in [-0.25, -0.2) is 4.98 Å². The summed E-state index contributed by atoms with van der Waals surface area (Å²) < 4.78 is 1.57. The fourth-order valence-electron chi connectivity index (χ4n) is 3.78. The molecule has 138 valence electrons. The van der Waals surface area contributed by atoms with Crippen LogP contribution in [-0.2, 0) is 6.42 Å². The topological polar surface area (TPSA) is 53.7 Å². The lowest BCUT2D eigenvalue weighted by molar-refractivity contribution is 0.149. The molecule has 0 bridgehead atoms. The van der Waals surface area contributed by atoms with Crippen molar-refractivity contribution >= 4 is 27.9 Å². The summed E-state index contributed by atoms with van der Waals surface area (Å²) in [6.07, 6.45) is 3.15. The van der Waals surface area contributed by atoms with E-state index in [0.29, 0.717) is 5.92 Å². The van der Waals surface area contributed by atoms with E-state index in [1.807, 2.05) is 25.1 Å². The van der Waals surface area contributed by atoms with Gasteiger partial charge in [-0.05, 0) is 36.9 Å². The Balaban J connectivity index is 1.84. The molecule has 26 heavy (non-hydrogen) atoms. The van der Waals surface area contributed by atoms with Crippen molar-refractivity contribution in [2.24, 2.45) is 5.92 Å². The molecule has 0 aliphatic carbocycles. The number of fused-ring (bicyclic) bond motifs is 1. The third kappa shape index (κ3) is 3.10. The number of rotatable bonds is 4. The van der Waals surface area contributed by atoms with Crippen molar-refractivity contribution < 1.29 is 5.11 Å². The molecule has 0 amide bonds. The Hall–Kier alpha value is -1.63. The first-order valence-electron chi connectivity index (χ1n) is 9.14. The van der Waals surface area contributed by atoms with Crippen molar-refractivity contribution in [1.29, 1.82) is 0 Å². The number of hydrogen-bond donors (Lipinski definition) is 1. The van der Waals surface area contributed by atoms with E-state index in [9.17, 15) is 5.11 Å². The highest BCUT2D eigenvalue weighted by molar-refractivity contribution is 7.17. The monoisotopic (exact) mass is 390 g/mol. The first-order valence-corrected chi connectivity index (χ1v) is 10.3. The third-order valence-corrected chi connectivity index (χ3v) is 6.48. The lowest BCUT2D eigenvalue weighted by Gasteiger charge is -2.37. The van der Waals surface area contributed by atoms with Crippen LogP contribution in [0.5, 0.6) is 5.88 Å². The van der Waals surface area contributed by atoms with Gasteiger partial charge in [-0.3, -0.25) is 4.90 Å². The minimum atomic E-state index is -0.0787. The Morgan fingerprint density at radius 1 is 1.38 bits per heavy atom. The largest absolute Gasteiger partial charge is 0.492 e. The number of aromatic nitrogens is 3. The molecular formula is C19H23ClN4OS. The molecule has 0 unspecified atom stereocenters. The molecule has 5 nitrogen and oxygen atoms in total. The molecule has 4 rings (SSSR count). The van der Waals surface area contributed by atoms with Gasteiger partial charge in [0.1, 0.15) is 0 Å². The lowest BCUT2D eigenvalue weighted by atomic mass is 9.95. The normalized spacial score (nSPS) is 19.9. The number of piperidine rings is 1. The molecule has 0 spiro atoms. The maximum Gasteiger partial charge on any atom is 0.230 e. The molecule has 0 radical (unpaired) electrons. The molecule has 1 aromatic carbocycles. The summed E-state index contributed by atoms with van der Waals surface area (Å²) in [5, 5.41) is 16.1. The zero-order chi connectivity index (χ0) is 18.3. The van der Waals surface area contributed by atoms with E-state index in [1.54, 1.807) is 4.52 Å². The first kappa shape index (κ1) is 17.8. The van der Waals surface area contributed by atoms with Crippen molar-refractivity contribution in [3.63, 3.8) is 0 Å². The van der Waals surface area contributed by atoms with Crippen LogP contribution in [0.4, 0.5) is 0 Å². The molecule has 7 heteroatoms. The van der Waals surface area contributed by atoms with E-state index in [1.165, 1.54) is 17.8 Å². The number of benzene rings is 1. The second-order valence-corrected chi connectivity index (χ2v) is 8.45. The Kier molecular flexibility index (Phi) is 4.90. The smallest absolute Gasteiger partial charge is 0.230 e. The summed E-state index contributed by atoms with van der Waals surface area (Å²) in [5.41, 5.74) is 1.03. The SMILES string of the molecule is CCc1nc2sc([C@@H](c3ccccc3Cl)N3CCC[C@H](C)C3)c(O)n2n1. The molecule has 3 aromatic rings. The van der Waals surface area contributed by atoms with E-state index in [2.05, 4.69) is 28.0 Å². The van der Waals surface area contributed by atoms with Gasteiger partial charge in [0.15, 0.2) is 5.82 Å². The molecule has 3 heterocycles. The van der Waals surface area contributed by atoms with Gasteiger partial charge in [0, 0.05) is 18.0 Å². The van der Waals surface area contributed by atoms with Crippen LogP contribution in [0.15, 0.2) is 24.3 Å². The van der Waals surface area contributed by atoms with Gasteiger partial charge in [-0.2, -0.15) is 4.52 Å². The molecular weight excluding hydrogens is 368 g/mol. The van der Waals surface area contributed by atoms with Crippen molar-refractivity contribution in [2.45, 2.75) is 39.2 Å². The second kappa shape index (κ2) is 7.18. The standard InChI is InChI=1S/C19H23ClN4OS/c1-3-15-21-19-24(22-15)18(25)17(26-19)16(13-8-4-5-9-14(13)20)23-10-6-7-12(2)11-23/h4-5,8-9,12,16,25H,3,6-7,10-11H2,1-2H3/t12-,16+/m0/s1. The zero-order valence-corrected chi connectivity index (χ0v) is 16.6. The second-order valence-electron chi connectivity index (χ2n) is 7.03. The van der Waals surface area contributed by atoms with Crippen molar-refractivity contribution in [3.05, 3.63) is 45.6 Å². The number of halogens is 1. The molecule has 1 N–H and O–H groups in total. The van der Waals surface area contributed by atoms with Gasteiger partial charge in [-0.1, -0.05) is 55.0 Å². The van der Waals surface area contributed by atoms with E-state index in [-0.39, 0.29) is 11.9 Å². The fourth-order valence-corrected chi connectivity index (χ4v) is 5.15. The number of aromatic hydroxyl groups is 1. The van der Waals surface area contributed by atoms with Crippen LogP contribution in [-0.4, -0.2) is 37.7 Å². The molecule has 2 aromatic heterocycles. The maximum atomic E-state index is 10.9. The van der Waals surface area contributed by atoms with Crippen LogP contribution >= 0.6 is 22.9 Å². The van der Waals surface area contributed by atoms with Crippen molar-refractivity contribution in [2.75, 3.05) is 13.1 Å². The molecule has 0 saturated carbocycles. The van der Waals surface area contributed by atoms with Crippen LogP contribution < -0.4 is 0 Å². The van der Waals surface area contributed by atoms with Gasteiger partial charge in [0.2, 0.25) is 10.8 Å². The van der Waals surface area contributed by atoms with Crippen LogP contribution in [0.3, 0.4) is 0 Å². The number of hydrogen-bond acceptors (Lipinski definition) is 5. The fraction of sp³-hybridized carbons (Fsp3) is 0.474. The highest BCUT2D eigenvalue weighted by atomic mass is 35.5. The number of aryl methyl sites for hydroxylation is 1. The van der Waals surface area contributed by atoms with Gasteiger partial charge in [0.25, 0.3) is 0 Å². The van der Waals surface area contributed by atoms with Crippen LogP contribution in [0.25, 0.3) is 4.96 Å². The zero-order valence-electron chi connectivity index (χ0n) is 15.0. The Bertz CT molecular complexity index is 922. The average Bonchev–Trinajstić information content (AvgIpc) is 3.17. The molecule has 2 atom stereocenters. The maximum absolute atomic E-state index is 10.9. The Morgan fingerprint density at radius 2 is 2.19 bits per heavy atom. The summed E-state index contributed by atoms with van der Waals surface area (Å²) in [6.45, 7) is 6.28. The number of likely N-dealkylation sites (tertiary alicyclic amines) is 1. The predicted octanol–water partition coefficient (Wildman–Crippen LogP) is 4.53. The number of thiazole rings is 1. The molecule has 1 aliphatic heterocycles. The highest BCUT2D eigenvalue weighted by Crippen LogP contribution is 2.43. The summed E-state index contributed by atoms with van der Waals surface area (Å²) in [7, 11) is 0. The lowest BCUT2D eigenvalue weighted by Crippen LogP contribution is -2.37. The average molecular weight is 391 g/mol. The summed E-state index contributed by atoms with van der Waals surface area (Å²) in [4.78, 5) is 8.56. The Labute approximate surface area is 162 Å². The van der Waals surface area contributed by atoms with Crippen molar-refractivity contribution in [1.82, 2.24) is 19.5 Å².